The zero-order chi connectivity index (χ0) is 15.2. The molecule has 0 spiro atoms. The Kier molecular flexibility index (Phi) is 4.90. The zero-order valence-electron chi connectivity index (χ0n) is 11.1. The maximum Gasteiger partial charge on any atom is 0.337 e. The van der Waals surface area contributed by atoms with Crippen LogP contribution in [-0.2, 0) is 11.3 Å². The lowest BCUT2D eigenvalue weighted by Crippen LogP contribution is -2.32. The Morgan fingerprint density at radius 3 is 2.48 bits per heavy atom. The van der Waals surface area contributed by atoms with Gasteiger partial charge in [0.05, 0.1) is 17.8 Å². The van der Waals surface area contributed by atoms with Crippen molar-refractivity contribution in [2.45, 2.75) is 6.54 Å². The average Bonchev–Trinajstić information content (AvgIpc) is 2.53. The Labute approximate surface area is 126 Å². The first-order chi connectivity index (χ1) is 10.1. The topological polar surface area (TPSA) is 70.5 Å². The van der Waals surface area contributed by atoms with Gasteiger partial charge in [-0.25, -0.2) is 4.79 Å². The van der Waals surface area contributed by atoms with Gasteiger partial charge in [-0.2, -0.15) is 0 Å². The summed E-state index contributed by atoms with van der Waals surface area (Å²) in [6, 6.07) is 11.9. The van der Waals surface area contributed by atoms with E-state index in [2.05, 4.69) is 4.98 Å². The van der Waals surface area contributed by atoms with E-state index >= 15 is 0 Å². The van der Waals surface area contributed by atoms with Crippen LogP contribution in [0.1, 0.15) is 16.1 Å². The van der Waals surface area contributed by atoms with E-state index in [-0.39, 0.29) is 23.9 Å². The summed E-state index contributed by atoms with van der Waals surface area (Å²) in [4.78, 5) is 28.7. The van der Waals surface area contributed by atoms with Crippen LogP contribution in [0.5, 0.6) is 0 Å². The number of anilines is 1. The van der Waals surface area contributed by atoms with Crippen LogP contribution in [0.3, 0.4) is 0 Å². The number of rotatable bonds is 5. The predicted octanol–water partition coefficient (Wildman–Crippen LogP) is 2.55. The number of alkyl halides is 1. The van der Waals surface area contributed by atoms with E-state index in [1.54, 1.807) is 30.3 Å². The predicted molar refractivity (Wildman–Crippen MR) is 79.5 cm³/mol. The molecule has 0 aliphatic heterocycles. The Morgan fingerprint density at radius 1 is 1.14 bits per heavy atom. The minimum atomic E-state index is -1.08. The van der Waals surface area contributed by atoms with Crippen LogP contribution in [0, 0.1) is 0 Å². The molecule has 0 saturated heterocycles. The molecular weight excluding hydrogens is 292 g/mol. The quantitative estimate of drug-likeness (QED) is 0.862. The van der Waals surface area contributed by atoms with Crippen LogP contribution in [0.2, 0.25) is 0 Å². The van der Waals surface area contributed by atoms with Crippen LogP contribution in [0.25, 0.3) is 0 Å². The molecule has 0 aliphatic rings. The van der Waals surface area contributed by atoms with Crippen molar-refractivity contribution in [2.75, 3.05) is 10.8 Å². The van der Waals surface area contributed by atoms with Crippen LogP contribution in [-0.4, -0.2) is 27.8 Å². The Bertz CT molecular complexity index is 646. The molecule has 1 amide bonds. The summed E-state index contributed by atoms with van der Waals surface area (Å²) in [5.41, 5.74) is 1.03. The van der Waals surface area contributed by atoms with Crippen molar-refractivity contribution >= 4 is 29.2 Å². The minimum Gasteiger partial charge on any atom is -0.478 e. The van der Waals surface area contributed by atoms with E-state index in [0.717, 1.165) is 0 Å². The maximum atomic E-state index is 12.0. The summed E-state index contributed by atoms with van der Waals surface area (Å²) in [5.74, 6) is -1.58. The van der Waals surface area contributed by atoms with Gasteiger partial charge in [-0.1, -0.05) is 18.2 Å². The van der Waals surface area contributed by atoms with E-state index in [0.29, 0.717) is 11.4 Å². The number of carbonyl (C=O) groups excluding carboxylic acids is 1. The third-order valence-corrected chi connectivity index (χ3v) is 3.14. The summed E-state index contributed by atoms with van der Waals surface area (Å²) >= 11 is 5.64. The molecule has 0 atom stereocenters. The molecule has 6 heteroatoms. The van der Waals surface area contributed by atoms with E-state index < -0.39 is 5.97 Å². The van der Waals surface area contributed by atoms with Crippen molar-refractivity contribution in [3.05, 3.63) is 59.9 Å². The molecule has 108 valence electrons. The second kappa shape index (κ2) is 6.85. The lowest BCUT2D eigenvalue weighted by Gasteiger charge is -2.22. The second-order valence-corrected chi connectivity index (χ2v) is 4.52. The molecule has 0 radical (unpaired) electrons. The minimum absolute atomic E-state index is 0.0536. The number of carboxylic acid groups (broad SMARTS) is 1. The molecule has 1 heterocycles. The fourth-order valence-corrected chi connectivity index (χ4v) is 2.06. The Balaban J connectivity index is 2.37. The first-order valence-corrected chi connectivity index (χ1v) is 6.75. The molecule has 0 bridgehead atoms. The van der Waals surface area contributed by atoms with E-state index in [1.807, 2.05) is 6.07 Å². The normalized spacial score (nSPS) is 10.1. The van der Waals surface area contributed by atoms with Crippen molar-refractivity contribution in [3.8, 4) is 0 Å². The fraction of sp³-hybridized carbons (Fsp3) is 0.133. The van der Waals surface area contributed by atoms with E-state index in [1.165, 1.54) is 17.2 Å². The number of nitrogens with zero attached hydrogens (tertiary/aromatic N) is 2. The number of hydrogen-bond donors (Lipinski definition) is 1. The monoisotopic (exact) mass is 304 g/mol. The summed E-state index contributed by atoms with van der Waals surface area (Å²) in [6.07, 6.45) is 1.50. The van der Waals surface area contributed by atoms with Crippen molar-refractivity contribution in [3.63, 3.8) is 0 Å². The van der Waals surface area contributed by atoms with Crippen molar-refractivity contribution < 1.29 is 14.7 Å². The molecule has 21 heavy (non-hydrogen) atoms. The highest BCUT2D eigenvalue weighted by Crippen LogP contribution is 2.18. The van der Waals surface area contributed by atoms with Gasteiger partial charge in [0.1, 0.15) is 5.88 Å². The number of pyridine rings is 1. The van der Waals surface area contributed by atoms with Gasteiger partial charge in [-0.3, -0.25) is 9.78 Å². The highest BCUT2D eigenvalue weighted by molar-refractivity contribution is 6.29. The molecule has 2 aromatic rings. The Morgan fingerprint density at radius 2 is 1.86 bits per heavy atom. The summed E-state index contributed by atoms with van der Waals surface area (Å²) < 4.78 is 0. The fourth-order valence-electron chi connectivity index (χ4n) is 1.91. The number of halogens is 1. The van der Waals surface area contributed by atoms with Crippen LogP contribution < -0.4 is 4.90 Å². The van der Waals surface area contributed by atoms with E-state index in [9.17, 15) is 14.7 Å². The van der Waals surface area contributed by atoms with Gasteiger partial charge in [0.15, 0.2) is 0 Å². The zero-order valence-corrected chi connectivity index (χ0v) is 11.8. The lowest BCUT2D eigenvalue weighted by molar-refractivity contribution is -0.116. The largest absolute Gasteiger partial charge is 0.478 e. The molecule has 0 unspecified atom stereocenters. The molecule has 1 N–H and O–H groups in total. The number of para-hydroxylation sites is 1. The van der Waals surface area contributed by atoms with Gasteiger partial charge in [-0.05, 0) is 24.3 Å². The number of aromatic nitrogens is 1. The van der Waals surface area contributed by atoms with Gasteiger partial charge in [0.25, 0.3) is 0 Å². The molecule has 1 aromatic carbocycles. The van der Waals surface area contributed by atoms with Crippen molar-refractivity contribution in [1.29, 1.82) is 0 Å². The first-order valence-electron chi connectivity index (χ1n) is 6.22. The summed E-state index contributed by atoms with van der Waals surface area (Å²) in [5, 5.41) is 9.18. The second-order valence-electron chi connectivity index (χ2n) is 4.25. The van der Waals surface area contributed by atoms with Gasteiger partial charge in [-0.15, -0.1) is 11.6 Å². The highest BCUT2D eigenvalue weighted by atomic mass is 35.5. The smallest absolute Gasteiger partial charge is 0.337 e. The highest BCUT2D eigenvalue weighted by Gasteiger charge is 2.19. The lowest BCUT2D eigenvalue weighted by atomic mass is 10.1. The molecule has 0 saturated carbocycles. The molecule has 0 aliphatic carbocycles. The molecule has 5 nitrogen and oxygen atoms in total. The molecular formula is C15H13ClN2O3. The molecule has 1 aromatic heterocycles. The Hall–Kier alpha value is -2.40. The van der Waals surface area contributed by atoms with E-state index in [4.69, 9.17) is 11.6 Å². The number of carbonyl (C=O) groups is 2. The number of amides is 1. The summed E-state index contributed by atoms with van der Waals surface area (Å²) in [6.45, 7) is 0.0536. The SMILES string of the molecule is O=C(O)c1cccnc1CN(C(=O)CCl)c1ccccc1. The summed E-state index contributed by atoms with van der Waals surface area (Å²) in [7, 11) is 0. The van der Waals surface area contributed by atoms with Crippen molar-refractivity contribution in [1.82, 2.24) is 4.98 Å². The van der Waals surface area contributed by atoms with Crippen LogP contribution in [0.15, 0.2) is 48.7 Å². The standard InChI is InChI=1S/C15H13ClN2O3/c16-9-14(19)18(11-5-2-1-3-6-11)10-13-12(15(20)21)7-4-8-17-13/h1-8H,9-10H2,(H,20,21). The average molecular weight is 305 g/mol. The van der Waals surface area contributed by atoms with Crippen LogP contribution >= 0.6 is 11.6 Å². The number of carboxylic acids is 1. The van der Waals surface area contributed by atoms with Crippen molar-refractivity contribution in [2.24, 2.45) is 0 Å². The third-order valence-electron chi connectivity index (χ3n) is 2.91. The number of aromatic carboxylic acids is 1. The first kappa shape index (κ1) is 15.0. The van der Waals surface area contributed by atoms with Gasteiger partial charge >= 0.3 is 5.97 Å². The molecule has 0 fully saturated rings. The van der Waals surface area contributed by atoms with Gasteiger partial charge < -0.3 is 10.0 Å². The maximum absolute atomic E-state index is 12.0. The number of hydrogen-bond acceptors (Lipinski definition) is 3. The third kappa shape index (κ3) is 3.58. The van der Waals surface area contributed by atoms with Gasteiger partial charge in [0.2, 0.25) is 5.91 Å². The van der Waals surface area contributed by atoms with Gasteiger partial charge in [0, 0.05) is 11.9 Å². The van der Waals surface area contributed by atoms with Crippen LogP contribution in [0.4, 0.5) is 5.69 Å². The molecule has 2 rings (SSSR count). The number of benzene rings is 1.